The van der Waals surface area contributed by atoms with Crippen molar-refractivity contribution < 1.29 is 14.5 Å². The van der Waals surface area contributed by atoms with Gasteiger partial charge in [0.05, 0.1) is 16.1 Å². The molecule has 0 spiro atoms. The van der Waals surface area contributed by atoms with Gasteiger partial charge in [-0.3, -0.25) is 24.6 Å². The van der Waals surface area contributed by atoms with Gasteiger partial charge in [-0.1, -0.05) is 0 Å². The van der Waals surface area contributed by atoms with E-state index >= 15 is 0 Å². The lowest BCUT2D eigenvalue weighted by Gasteiger charge is -2.16. The van der Waals surface area contributed by atoms with Crippen LogP contribution < -0.4 is 0 Å². The zero-order chi connectivity index (χ0) is 14.2. The van der Waals surface area contributed by atoms with E-state index in [9.17, 15) is 19.7 Å². The van der Waals surface area contributed by atoms with Crippen LogP contribution in [0.1, 0.15) is 20.7 Å². The number of rotatable bonds is 4. The molecule has 1 aromatic rings. The lowest BCUT2D eigenvalue weighted by Crippen LogP contribution is -2.35. The topological polar surface area (TPSA) is 83.8 Å². The summed E-state index contributed by atoms with van der Waals surface area (Å²) in [5.41, 5.74) is 0.154. The molecule has 0 atom stereocenters. The minimum Gasteiger partial charge on any atom is -0.308 e. The van der Waals surface area contributed by atoms with Crippen LogP contribution in [-0.4, -0.2) is 53.7 Å². The van der Waals surface area contributed by atoms with E-state index in [1.54, 1.807) is 0 Å². The van der Waals surface area contributed by atoms with Crippen LogP contribution in [0.15, 0.2) is 18.2 Å². The molecule has 108 valence electrons. The molecule has 2 rings (SSSR count). The van der Waals surface area contributed by atoms with Crippen molar-refractivity contribution in [3.63, 3.8) is 0 Å². The SMILES string of the molecule is CN(C)CCN1C(=O)c2ccc([N+](=O)[O-])cc2C1=O.Cl. The molecule has 8 heteroatoms. The maximum atomic E-state index is 12.1. The van der Waals surface area contributed by atoms with Crippen LogP contribution >= 0.6 is 12.4 Å². The molecule has 0 fully saturated rings. The predicted octanol–water partition coefficient (Wildman–Crippen LogP) is 1.17. The monoisotopic (exact) mass is 299 g/mol. The summed E-state index contributed by atoms with van der Waals surface area (Å²) in [4.78, 5) is 37.1. The van der Waals surface area contributed by atoms with Gasteiger partial charge in [0.25, 0.3) is 17.5 Å². The number of benzene rings is 1. The third-order valence-corrected chi connectivity index (χ3v) is 2.94. The number of carbonyl (C=O) groups excluding carboxylic acids is 2. The van der Waals surface area contributed by atoms with E-state index in [-0.39, 0.29) is 35.8 Å². The molecule has 0 aliphatic carbocycles. The van der Waals surface area contributed by atoms with Gasteiger partial charge < -0.3 is 4.90 Å². The number of non-ortho nitro benzene ring substituents is 1. The Kier molecular flexibility index (Phi) is 4.80. The molecule has 1 aromatic carbocycles. The van der Waals surface area contributed by atoms with Crippen molar-refractivity contribution in [2.24, 2.45) is 0 Å². The second kappa shape index (κ2) is 5.98. The first-order valence-corrected chi connectivity index (χ1v) is 5.71. The van der Waals surface area contributed by atoms with E-state index in [0.29, 0.717) is 6.54 Å². The van der Waals surface area contributed by atoms with Crippen molar-refractivity contribution in [1.29, 1.82) is 0 Å². The number of likely N-dealkylation sites (N-methyl/N-ethyl adjacent to an activating group) is 1. The van der Waals surface area contributed by atoms with Gasteiger partial charge in [0.2, 0.25) is 0 Å². The molecule has 0 aromatic heterocycles. The molecule has 1 heterocycles. The molecule has 1 aliphatic rings. The molecular weight excluding hydrogens is 286 g/mol. The van der Waals surface area contributed by atoms with Crippen LogP contribution in [0.2, 0.25) is 0 Å². The van der Waals surface area contributed by atoms with Crippen LogP contribution in [-0.2, 0) is 0 Å². The Balaban J connectivity index is 0.00000200. The normalized spacial score (nSPS) is 13.4. The molecule has 0 N–H and O–H groups in total. The number of fused-ring (bicyclic) bond motifs is 1. The summed E-state index contributed by atoms with van der Waals surface area (Å²) in [6.07, 6.45) is 0. The lowest BCUT2D eigenvalue weighted by molar-refractivity contribution is -0.384. The van der Waals surface area contributed by atoms with Gasteiger partial charge in [-0.2, -0.15) is 0 Å². The minimum atomic E-state index is -0.583. The highest BCUT2D eigenvalue weighted by Gasteiger charge is 2.36. The van der Waals surface area contributed by atoms with E-state index in [0.717, 1.165) is 11.0 Å². The van der Waals surface area contributed by atoms with Crippen LogP contribution in [0.3, 0.4) is 0 Å². The summed E-state index contributed by atoms with van der Waals surface area (Å²) in [5, 5.41) is 10.7. The standard InChI is InChI=1S/C12H13N3O4.ClH/c1-13(2)5-6-14-11(16)9-4-3-8(15(18)19)7-10(9)12(14)17;/h3-4,7H,5-6H2,1-2H3;1H. The Labute approximate surface area is 121 Å². The molecule has 20 heavy (non-hydrogen) atoms. The van der Waals surface area contributed by atoms with Crippen molar-refractivity contribution in [2.45, 2.75) is 0 Å². The van der Waals surface area contributed by atoms with E-state index in [4.69, 9.17) is 0 Å². The Morgan fingerprint density at radius 1 is 1.20 bits per heavy atom. The summed E-state index contributed by atoms with van der Waals surface area (Å²) in [5.74, 6) is -0.859. The van der Waals surface area contributed by atoms with Crippen molar-refractivity contribution in [3.05, 3.63) is 39.4 Å². The van der Waals surface area contributed by atoms with Gasteiger partial charge in [-0.15, -0.1) is 12.4 Å². The van der Waals surface area contributed by atoms with E-state index in [1.165, 1.54) is 12.1 Å². The third kappa shape index (κ3) is 2.78. The highest BCUT2D eigenvalue weighted by atomic mass is 35.5. The predicted molar refractivity (Wildman–Crippen MR) is 74.3 cm³/mol. The number of nitro benzene ring substituents is 1. The quantitative estimate of drug-likeness (QED) is 0.473. The highest BCUT2D eigenvalue weighted by molar-refractivity contribution is 6.21. The molecule has 0 radical (unpaired) electrons. The Morgan fingerprint density at radius 2 is 1.80 bits per heavy atom. The number of imide groups is 1. The second-order valence-electron chi connectivity index (χ2n) is 4.55. The number of halogens is 1. The largest absolute Gasteiger partial charge is 0.308 e. The number of hydrogen-bond acceptors (Lipinski definition) is 5. The van der Waals surface area contributed by atoms with Crippen molar-refractivity contribution in [3.8, 4) is 0 Å². The van der Waals surface area contributed by atoms with E-state index in [2.05, 4.69) is 0 Å². The molecule has 7 nitrogen and oxygen atoms in total. The smallest absolute Gasteiger partial charge is 0.270 e. The Bertz CT molecular complexity index is 574. The van der Waals surface area contributed by atoms with Gasteiger partial charge in [0.1, 0.15) is 0 Å². The summed E-state index contributed by atoms with van der Waals surface area (Å²) in [7, 11) is 3.67. The fourth-order valence-electron chi connectivity index (χ4n) is 1.90. The zero-order valence-electron chi connectivity index (χ0n) is 11.0. The van der Waals surface area contributed by atoms with Gasteiger partial charge in [-0.05, 0) is 20.2 Å². The molecule has 2 amide bonds. The average molecular weight is 300 g/mol. The summed E-state index contributed by atoms with van der Waals surface area (Å²) >= 11 is 0. The fraction of sp³-hybridized carbons (Fsp3) is 0.333. The molecule has 0 bridgehead atoms. The first-order valence-electron chi connectivity index (χ1n) is 5.71. The van der Waals surface area contributed by atoms with Gasteiger partial charge in [0.15, 0.2) is 0 Å². The minimum absolute atomic E-state index is 0. The van der Waals surface area contributed by atoms with Crippen molar-refractivity contribution in [2.75, 3.05) is 27.2 Å². The summed E-state index contributed by atoms with van der Waals surface area (Å²) in [6, 6.07) is 3.73. The Morgan fingerprint density at radius 3 is 2.35 bits per heavy atom. The lowest BCUT2D eigenvalue weighted by atomic mass is 10.1. The van der Waals surface area contributed by atoms with Crippen molar-refractivity contribution in [1.82, 2.24) is 9.80 Å². The number of hydrogen-bond donors (Lipinski definition) is 0. The van der Waals surface area contributed by atoms with Crippen molar-refractivity contribution >= 4 is 29.9 Å². The van der Waals surface area contributed by atoms with Gasteiger partial charge in [0, 0.05) is 25.2 Å². The maximum absolute atomic E-state index is 12.1. The summed E-state index contributed by atoms with van der Waals surface area (Å²) < 4.78 is 0. The number of nitrogens with zero attached hydrogens (tertiary/aromatic N) is 3. The summed E-state index contributed by atoms with van der Waals surface area (Å²) in [6.45, 7) is 0.820. The zero-order valence-corrected chi connectivity index (χ0v) is 11.8. The highest BCUT2D eigenvalue weighted by Crippen LogP contribution is 2.26. The number of nitro groups is 1. The Hall–Kier alpha value is -1.99. The van der Waals surface area contributed by atoms with Crippen LogP contribution in [0.5, 0.6) is 0 Å². The van der Waals surface area contributed by atoms with Gasteiger partial charge >= 0.3 is 0 Å². The molecule has 0 saturated carbocycles. The molecular formula is C12H14ClN3O4. The van der Waals surface area contributed by atoms with Gasteiger partial charge in [-0.25, -0.2) is 0 Å². The number of carbonyl (C=O) groups is 2. The molecule has 0 saturated heterocycles. The average Bonchev–Trinajstić information content (AvgIpc) is 2.59. The van der Waals surface area contributed by atoms with E-state index in [1.807, 2.05) is 19.0 Å². The number of amides is 2. The third-order valence-electron chi connectivity index (χ3n) is 2.94. The second-order valence-corrected chi connectivity index (χ2v) is 4.55. The van der Waals surface area contributed by atoms with Crippen LogP contribution in [0.4, 0.5) is 5.69 Å². The molecule has 0 unspecified atom stereocenters. The van der Waals surface area contributed by atoms with Crippen LogP contribution in [0.25, 0.3) is 0 Å². The maximum Gasteiger partial charge on any atom is 0.270 e. The van der Waals surface area contributed by atoms with E-state index < -0.39 is 16.7 Å². The first-order chi connectivity index (χ1) is 8.91. The fourth-order valence-corrected chi connectivity index (χ4v) is 1.90. The molecule has 1 aliphatic heterocycles. The first kappa shape index (κ1) is 16.1. The van der Waals surface area contributed by atoms with Crippen LogP contribution in [0, 0.1) is 10.1 Å².